The third-order valence-electron chi connectivity index (χ3n) is 2.09. The topological polar surface area (TPSA) is 26.3 Å². The molecule has 0 atom stereocenters. The summed E-state index contributed by atoms with van der Waals surface area (Å²) in [7, 11) is 0. The Morgan fingerprint density at radius 2 is 2.00 bits per heavy atom. The standard InChI is InChI=1S/C13H17ClO2/c1-9-6-5-7-11(14)10(9)8-12(15)16-13(2,3)4/h5-7H,8H2,1-4H3. The van der Waals surface area contributed by atoms with Gasteiger partial charge >= 0.3 is 5.97 Å². The molecule has 0 radical (unpaired) electrons. The summed E-state index contributed by atoms with van der Waals surface area (Å²) in [6.07, 6.45) is 0.225. The quantitative estimate of drug-likeness (QED) is 0.740. The van der Waals surface area contributed by atoms with Crippen LogP contribution in [0.3, 0.4) is 0 Å². The van der Waals surface area contributed by atoms with E-state index < -0.39 is 5.60 Å². The summed E-state index contributed by atoms with van der Waals surface area (Å²) in [5.41, 5.74) is 1.41. The van der Waals surface area contributed by atoms with Crippen molar-refractivity contribution in [3.63, 3.8) is 0 Å². The number of hydrogen-bond donors (Lipinski definition) is 0. The first-order valence-corrected chi connectivity index (χ1v) is 5.63. The van der Waals surface area contributed by atoms with E-state index in [-0.39, 0.29) is 12.4 Å². The second kappa shape index (κ2) is 4.88. The lowest BCUT2D eigenvalue weighted by Gasteiger charge is -2.20. The fourth-order valence-electron chi connectivity index (χ4n) is 1.41. The Bertz CT molecular complexity index is 371. The smallest absolute Gasteiger partial charge is 0.310 e. The zero-order chi connectivity index (χ0) is 12.3. The molecule has 0 aromatic heterocycles. The first-order chi connectivity index (χ1) is 7.29. The first kappa shape index (κ1) is 13.0. The minimum Gasteiger partial charge on any atom is -0.460 e. The van der Waals surface area contributed by atoms with E-state index in [0.717, 1.165) is 11.1 Å². The molecular formula is C13H17ClO2. The Hall–Kier alpha value is -1.02. The average molecular weight is 241 g/mol. The van der Waals surface area contributed by atoms with Crippen molar-refractivity contribution < 1.29 is 9.53 Å². The van der Waals surface area contributed by atoms with Gasteiger partial charge in [0.2, 0.25) is 0 Å². The van der Waals surface area contributed by atoms with Crippen LogP contribution in [-0.2, 0) is 16.0 Å². The molecule has 0 heterocycles. The maximum Gasteiger partial charge on any atom is 0.310 e. The van der Waals surface area contributed by atoms with Crippen LogP contribution in [0.5, 0.6) is 0 Å². The van der Waals surface area contributed by atoms with Gasteiger partial charge in [-0.05, 0) is 44.9 Å². The Balaban J connectivity index is 2.78. The number of carbonyl (C=O) groups excluding carboxylic acids is 1. The van der Waals surface area contributed by atoms with E-state index in [1.165, 1.54) is 0 Å². The third-order valence-corrected chi connectivity index (χ3v) is 2.45. The van der Waals surface area contributed by atoms with E-state index in [1.54, 1.807) is 6.07 Å². The molecule has 0 unspecified atom stereocenters. The van der Waals surface area contributed by atoms with Crippen molar-refractivity contribution in [1.29, 1.82) is 0 Å². The van der Waals surface area contributed by atoms with Gasteiger partial charge in [-0.15, -0.1) is 0 Å². The number of halogens is 1. The molecule has 0 fully saturated rings. The van der Waals surface area contributed by atoms with Crippen molar-refractivity contribution in [2.45, 2.75) is 39.7 Å². The van der Waals surface area contributed by atoms with Gasteiger partial charge < -0.3 is 4.74 Å². The molecule has 0 amide bonds. The average Bonchev–Trinajstić information content (AvgIpc) is 2.08. The van der Waals surface area contributed by atoms with Gasteiger partial charge in [0.1, 0.15) is 5.60 Å². The Kier molecular flexibility index (Phi) is 3.98. The summed E-state index contributed by atoms with van der Waals surface area (Å²) in [5.74, 6) is -0.247. The molecule has 0 aliphatic rings. The van der Waals surface area contributed by atoms with Gasteiger partial charge in [-0.1, -0.05) is 23.7 Å². The maximum absolute atomic E-state index is 11.7. The molecule has 0 aliphatic heterocycles. The fraction of sp³-hybridized carbons (Fsp3) is 0.462. The van der Waals surface area contributed by atoms with E-state index in [1.807, 2.05) is 39.8 Å². The molecule has 0 aliphatic carbocycles. The molecule has 0 saturated heterocycles. The van der Waals surface area contributed by atoms with Gasteiger partial charge in [-0.2, -0.15) is 0 Å². The first-order valence-electron chi connectivity index (χ1n) is 5.25. The summed E-state index contributed by atoms with van der Waals surface area (Å²) in [6.45, 7) is 7.49. The van der Waals surface area contributed by atoms with Crippen LogP contribution < -0.4 is 0 Å². The number of ether oxygens (including phenoxy) is 1. The Morgan fingerprint density at radius 3 is 2.50 bits per heavy atom. The summed E-state index contributed by atoms with van der Waals surface area (Å²) in [6, 6.07) is 5.59. The fourth-order valence-corrected chi connectivity index (χ4v) is 1.70. The highest BCUT2D eigenvalue weighted by molar-refractivity contribution is 6.31. The van der Waals surface area contributed by atoms with E-state index in [0.29, 0.717) is 5.02 Å². The van der Waals surface area contributed by atoms with Crippen molar-refractivity contribution in [1.82, 2.24) is 0 Å². The number of rotatable bonds is 2. The number of benzene rings is 1. The molecular weight excluding hydrogens is 224 g/mol. The van der Waals surface area contributed by atoms with Gasteiger partial charge in [0.25, 0.3) is 0 Å². The number of esters is 1. The second-order valence-corrected chi connectivity index (χ2v) is 5.21. The van der Waals surface area contributed by atoms with Gasteiger partial charge in [-0.3, -0.25) is 4.79 Å². The van der Waals surface area contributed by atoms with Crippen LogP contribution in [-0.4, -0.2) is 11.6 Å². The lowest BCUT2D eigenvalue weighted by atomic mass is 10.1. The molecule has 1 aromatic rings. The molecule has 0 spiro atoms. The SMILES string of the molecule is Cc1cccc(Cl)c1CC(=O)OC(C)(C)C. The molecule has 1 rings (SSSR count). The van der Waals surface area contributed by atoms with Crippen molar-refractivity contribution in [3.05, 3.63) is 34.3 Å². The van der Waals surface area contributed by atoms with Gasteiger partial charge in [-0.25, -0.2) is 0 Å². The van der Waals surface area contributed by atoms with Crippen LogP contribution in [0.4, 0.5) is 0 Å². The van der Waals surface area contributed by atoms with Crippen molar-refractivity contribution in [3.8, 4) is 0 Å². The summed E-state index contributed by atoms with van der Waals surface area (Å²) in [5, 5.41) is 0.617. The molecule has 2 nitrogen and oxygen atoms in total. The monoisotopic (exact) mass is 240 g/mol. The van der Waals surface area contributed by atoms with E-state index in [9.17, 15) is 4.79 Å². The van der Waals surface area contributed by atoms with Crippen molar-refractivity contribution >= 4 is 17.6 Å². The summed E-state index contributed by atoms with van der Waals surface area (Å²) < 4.78 is 5.25. The molecule has 0 bridgehead atoms. The predicted molar refractivity (Wildman–Crippen MR) is 65.7 cm³/mol. The largest absolute Gasteiger partial charge is 0.460 e. The van der Waals surface area contributed by atoms with E-state index in [4.69, 9.17) is 16.3 Å². The molecule has 3 heteroatoms. The molecule has 16 heavy (non-hydrogen) atoms. The zero-order valence-corrected chi connectivity index (χ0v) is 10.9. The highest BCUT2D eigenvalue weighted by atomic mass is 35.5. The van der Waals surface area contributed by atoms with Crippen molar-refractivity contribution in [2.75, 3.05) is 0 Å². The lowest BCUT2D eigenvalue weighted by Crippen LogP contribution is -2.25. The molecule has 0 N–H and O–H groups in total. The van der Waals surface area contributed by atoms with Crippen LogP contribution in [0, 0.1) is 6.92 Å². The number of hydrogen-bond acceptors (Lipinski definition) is 2. The van der Waals surface area contributed by atoms with Gasteiger partial charge in [0.05, 0.1) is 6.42 Å². The van der Waals surface area contributed by atoms with Crippen LogP contribution in [0.2, 0.25) is 5.02 Å². The normalized spacial score (nSPS) is 11.3. The van der Waals surface area contributed by atoms with Crippen LogP contribution in [0.1, 0.15) is 31.9 Å². The van der Waals surface area contributed by atoms with Crippen LogP contribution in [0.15, 0.2) is 18.2 Å². The van der Waals surface area contributed by atoms with E-state index in [2.05, 4.69) is 0 Å². The zero-order valence-electron chi connectivity index (χ0n) is 10.1. The van der Waals surface area contributed by atoms with Crippen molar-refractivity contribution in [2.24, 2.45) is 0 Å². The van der Waals surface area contributed by atoms with Gasteiger partial charge in [0.15, 0.2) is 0 Å². The lowest BCUT2D eigenvalue weighted by molar-refractivity contribution is -0.153. The maximum atomic E-state index is 11.7. The Morgan fingerprint density at radius 1 is 1.38 bits per heavy atom. The number of aryl methyl sites for hydroxylation is 1. The molecule has 0 saturated carbocycles. The van der Waals surface area contributed by atoms with Crippen LogP contribution in [0.25, 0.3) is 0 Å². The highest BCUT2D eigenvalue weighted by Crippen LogP contribution is 2.21. The number of carbonyl (C=O) groups is 1. The molecule has 88 valence electrons. The minimum atomic E-state index is -0.452. The Labute approximate surface area is 102 Å². The molecule has 1 aromatic carbocycles. The predicted octanol–water partition coefficient (Wildman–Crippen LogP) is 3.53. The minimum absolute atomic E-state index is 0.225. The van der Waals surface area contributed by atoms with Gasteiger partial charge in [0, 0.05) is 5.02 Å². The summed E-state index contributed by atoms with van der Waals surface area (Å²) >= 11 is 6.04. The second-order valence-electron chi connectivity index (χ2n) is 4.80. The third kappa shape index (κ3) is 3.86. The summed E-state index contributed by atoms with van der Waals surface area (Å²) in [4.78, 5) is 11.7. The van der Waals surface area contributed by atoms with E-state index >= 15 is 0 Å². The highest BCUT2D eigenvalue weighted by Gasteiger charge is 2.18. The van der Waals surface area contributed by atoms with Crippen LogP contribution >= 0.6 is 11.6 Å².